The lowest BCUT2D eigenvalue weighted by Gasteiger charge is -2.21. The van der Waals surface area contributed by atoms with Crippen LogP contribution in [0.4, 0.5) is 10.1 Å². The second-order valence-corrected chi connectivity index (χ2v) is 10.0. The van der Waals surface area contributed by atoms with E-state index in [-0.39, 0.29) is 30.3 Å². The Morgan fingerprint density at radius 3 is 2.90 bits per heavy atom. The van der Waals surface area contributed by atoms with Gasteiger partial charge in [0.15, 0.2) is 0 Å². The second-order valence-electron chi connectivity index (χ2n) is 7.65. The number of nitrogens with zero attached hydrogens (tertiary/aromatic N) is 4. The van der Waals surface area contributed by atoms with Crippen molar-refractivity contribution in [3.8, 4) is 11.5 Å². The summed E-state index contributed by atoms with van der Waals surface area (Å²) in [4.78, 5) is 11.0. The number of aliphatic imine (C=N–C) groups is 2. The fourth-order valence-corrected chi connectivity index (χ4v) is 5.82. The van der Waals surface area contributed by atoms with E-state index < -0.39 is 16.2 Å². The first-order chi connectivity index (χ1) is 14.9. The van der Waals surface area contributed by atoms with Gasteiger partial charge < -0.3 is 9.64 Å². The average Bonchev–Trinajstić information content (AvgIpc) is 3.40. The van der Waals surface area contributed by atoms with Crippen molar-refractivity contribution >= 4 is 39.5 Å². The molecule has 7 nitrogen and oxygen atoms in total. The summed E-state index contributed by atoms with van der Waals surface area (Å²) >= 11 is 6.50. The van der Waals surface area contributed by atoms with Crippen molar-refractivity contribution in [2.45, 2.75) is 18.3 Å². The predicted octanol–water partition coefficient (Wildman–Crippen LogP) is 3.74. The smallest absolute Gasteiger partial charge is 0.218 e. The van der Waals surface area contributed by atoms with Gasteiger partial charge in [0.2, 0.25) is 10.0 Å². The highest BCUT2D eigenvalue weighted by Gasteiger charge is 2.32. The fraction of sp³-hybridized carbons (Fsp3) is 0.333. The molecule has 0 unspecified atom stereocenters. The average molecular weight is 463 g/mol. The summed E-state index contributed by atoms with van der Waals surface area (Å²) in [6, 6.07) is 10.5. The number of sulfonamides is 1. The first-order valence-corrected chi connectivity index (χ1v) is 12.0. The van der Waals surface area contributed by atoms with Crippen LogP contribution >= 0.6 is 11.6 Å². The Labute approximate surface area is 184 Å². The molecule has 3 heterocycles. The van der Waals surface area contributed by atoms with Crippen molar-refractivity contribution in [3.63, 3.8) is 0 Å². The molecule has 31 heavy (non-hydrogen) atoms. The maximum Gasteiger partial charge on any atom is 0.218 e. The molecule has 2 aromatic carbocycles. The maximum atomic E-state index is 13.5. The molecule has 10 heteroatoms. The number of hydrogen-bond donors (Lipinski definition) is 0. The number of ether oxygens (including phenoxy) is 1. The molecule has 162 valence electrons. The number of hydrogen-bond acceptors (Lipinski definition) is 6. The summed E-state index contributed by atoms with van der Waals surface area (Å²) in [7, 11) is -3.66. The topological polar surface area (TPSA) is 74.6 Å². The molecule has 5 rings (SSSR count). The molecule has 3 aliphatic heterocycles. The lowest BCUT2D eigenvalue weighted by molar-refractivity contribution is 0.343. The summed E-state index contributed by atoms with van der Waals surface area (Å²) in [5, 5.41) is 0.220. The minimum Gasteiger partial charge on any atom is -0.456 e. The Morgan fingerprint density at radius 1 is 1.23 bits per heavy atom. The van der Waals surface area contributed by atoms with E-state index in [0.717, 1.165) is 23.6 Å². The first-order valence-electron chi connectivity index (χ1n) is 9.97. The van der Waals surface area contributed by atoms with Crippen molar-refractivity contribution in [2.24, 2.45) is 9.98 Å². The van der Waals surface area contributed by atoms with Crippen LogP contribution in [0.2, 0.25) is 5.02 Å². The van der Waals surface area contributed by atoms with E-state index >= 15 is 0 Å². The summed E-state index contributed by atoms with van der Waals surface area (Å²) in [6.45, 7) is 1.60. The van der Waals surface area contributed by atoms with Gasteiger partial charge in [0, 0.05) is 25.2 Å². The van der Waals surface area contributed by atoms with Crippen molar-refractivity contribution in [3.05, 3.63) is 52.5 Å². The number of alkyl halides is 1. The monoisotopic (exact) mass is 462 g/mol. The number of halogens is 2. The molecule has 1 fully saturated rings. The Balaban J connectivity index is 1.39. The molecule has 0 saturated carbocycles. The van der Waals surface area contributed by atoms with Gasteiger partial charge in [0.05, 0.1) is 29.3 Å². The van der Waals surface area contributed by atoms with Crippen LogP contribution in [-0.4, -0.2) is 62.1 Å². The van der Waals surface area contributed by atoms with E-state index in [1.54, 1.807) is 30.6 Å². The molecule has 0 bridgehead atoms. The van der Waals surface area contributed by atoms with Crippen molar-refractivity contribution in [2.75, 3.05) is 26.2 Å². The van der Waals surface area contributed by atoms with Gasteiger partial charge in [0.1, 0.15) is 23.5 Å². The highest BCUT2D eigenvalue weighted by Crippen LogP contribution is 2.36. The van der Waals surface area contributed by atoms with Crippen molar-refractivity contribution in [1.29, 1.82) is 0 Å². The molecule has 1 saturated heterocycles. The summed E-state index contributed by atoms with van der Waals surface area (Å²) in [6.07, 6.45) is 0.885. The van der Waals surface area contributed by atoms with E-state index in [4.69, 9.17) is 16.3 Å². The molecule has 3 aliphatic rings. The molecule has 1 atom stereocenters. The molecular weight excluding hydrogens is 443 g/mol. The third kappa shape index (κ3) is 3.93. The molecule has 0 radical (unpaired) electrons. The lowest BCUT2D eigenvalue weighted by atomic mass is 10.1. The quantitative estimate of drug-likeness (QED) is 0.678. The normalized spacial score (nSPS) is 20.5. The fourth-order valence-electron chi connectivity index (χ4n) is 3.92. The Bertz CT molecular complexity index is 1200. The third-order valence-electron chi connectivity index (χ3n) is 5.52. The molecule has 0 N–H and O–H groups in total. The van der Waals surface area contributed by atoms with Gasteiger partial charge in [0.25, 0.3) is 0 Å². The Kier molecular flexibility index (Phi) is 5.19. The largest absolute Gasteiger partial charge is 0.456 e. The van der Waals surface area contributed by atoms with Gasteiger partial charge in [-0.3, -0.25) is 4.99 Å². The number of rotatable bonds is 5. The molecule has 0 amide bonds. The minimum absolute atomic E-state index is 0.103. The van der Waals surface area contributed by atoms with E-state index in [2.05, 4.69) is 9.98 Å². The van der Waals surface area contributed by atoms with Gasteiger partial charge in [-0.15, -0.1) is 0 Å². The zero-order valence-corrected chi connectivity index (χ0v) is 18.1. The van der Waals surface area contributed by atoms with Crippen LogP contribution in [0.25, 0.3) is 0 Å². The molecule has 0 aromatic heterocycles. The van der Waals surface area contributed by atoms with Crippen molar-refractivity contribution in [1.82, 2.24) is 9.21 Å². The third-order valence-corrected chi connectivity index (χ3v) is 7.74. The van der Waals surface area contributed by atoms with Gasteiger partial charge in [-0.1, -0.05) is 23.7 Å². The van der Waals surface area contributed by atoms with E-state index in [1.807, 2.05) is 17.0 Å². The van der Waals surface area contributed by atoms with E-state index in [0.29, 0.717) is 23.6 Å². The van der Waals surface area contributed by atoms with Gasteiger partial charge in [-0.05, 0) is 36.2 Å². The summed E-state index contributed by atoms with van der Waals surface area (Å²) in [5.41, 5.74) is 2.10. The Hall–Kier alpha value is -2.49. The van der Waals surface area contributed by atoms with Gasteiger partial charge >= 0.3 is 0 Å². The highest BCUT2D eigenvalue weighted by molar-refractivity contribution is 7.88. The Morgan fingerprint density at radius 2 is 2.10 bits per heavy atom. The summed E-state index contributed by atoms with van der Waals surface area (Å²) in [5.74, 6) is 1.45. The number of fused-ring (bicyclic) bond motifs is 3. The minimum atomic E-state index is -3.66. The van der Waals surface area contributed by atoms with E-state index in [1.165, 1.54) is 4.31 Å². The van der Waals surface area contributed by atoms with Crippen molar-refractivity contribution < 1.29 is 17.5 Å². The summed E-state index contributed by atoms with van der Waals surface area (Å²) < 4.78 is 46.0. The zero-order valence-electron chi connectivity index (χ0n) is 16.5. The van der Waals surface area contributed by atoms with Gasteiger partial charge in [-0.25, -0.2) is 17.8 Å². The van der Waals surface area contributed by atoms with Crippen LogP contribution in [0.3, 0.4) is 0 Å². The van der Waals surface area contributed by atoms with Crippen LogP contribution in [0.5, 0.6) is 11.5 Å². The predicted molar refractivity (Wildman–Crippen MR) is 118 cm³/mol. The molecule has 2 aromatic rings. The maximum absolute atomic E-state index is 13.5. The van der Waals surface area contributed by atoms with Crippen LogP contribution in [0.1, 0.15) is 17.5 Å². The molecular formula is C21H20ClFN4O3S. The lowest BCUT2D eigenvalue weighted by Crippen LogP contribution is -2.30. The van der Waals surface area contributed by atoms with Crippen LogP contribution in [0.15, 0.2) is 46.4 Å². The number of amidine groups is 1. The molecule has 0 aliphatic carbocycles. The zero-order chi connectivity index (χ0) is 21.6. The van der Waals surface area contributed by atoms with Crippen LogP contribution < -0.4 is 4.74 Å². The first kappa shape index (κ1) is 20.4. The molecule has 0 spiro atoms. The van der Waals surface area contributed by atoms with Crippen LogP contribution in [0, 0.1) is 0 Å². The standard InChI is InChI=1S/C21H20ClFN4O3S/c22-20-14(12-31(28,29)27-8-6-15(23)11-27)2-1-3-19(20)30-16-4-5-18-17(10-16)21-24-7-9-26(21)13-25-18/h1-5,10,13,15H,6-9,11-12H2/t15-/m1/s1. The van der Waals surface area contributed by atoms with E-state index in [9.17, 15) is 12.8 Å². The SMILES string of the molecule is O=S(=O)(Cc1cccc(Oc2ccc3c(c2)C2=NCCN2C=N3)c1Cl)N1CC[C@@H](F)C1. The second kappa shape index (κ2) is 7.89. The highest BCUT2D eigenvalue weighted by atomic mass is 35.5. The van der Waals surface area contributed by atoms with Crippen LogP contribution in [-0.2, 0) is 15.8 Å². The van der Waals surface area contributed by atoms with Gasteiger partial charge in [-0.2, -0.15) is 4.31 Å². The number of benzene rings is 2.